The van der Waals surface area contributed by atoms with E-state index < -0.39 is 23.8 Å². The zero-order valence-electron chi connectivity index (χ0n) is 16.4. The molecule has 8 heteroatoms. The Bertz CT molecular complexity index is 895. The average molecular weight is 408 g/mol. The maximum absolute atomic E-state index is 13.3. The third-order valence-corrected chi connectivity index (χ3v) is 4.20. The highest BCUT2D eigenvalue weighted by Gasteiger charge is 2.34. The number of anilines is 1. The molecule has 0 aliphatic heterocycles. The summed E-state index contributed by atoms with van der Waals surface area (Å²) in [7, 11) is 1.38. The molecule has 29 heavy (non-hydrogen) atoms. The van der Waals surface area contributed by atoms with E-state index in [1.54, 1.807) is 19.1 Å². The number of halogens is 3. The smallest absolute Gasteiger partial charge is 0.417 e. The molecular formula is C21H23F3N2O3. The third kappa shape index (κ3) is 5.97. The number of rotatable bonds is 7. The summed E-state index contributed by atoms with van der Waals surface area (Å²) in [5, 5.41) is 12.4. The summed E-state index contributed by atoms with van der Waals surface area (Å²) in [5.74, 6) is -0.549. The Hall–Kier alpha value is -3.03. The van der Waals surface area contributed by atoms with Gasteiger partial charge in [0, 0.05) is 30.6 Å². The molecular weight excluding hydrogens is 385 g/mol. The molecule has 0 heterocycles. The van der Waals surface area contributed by atoms with Crippen LogP contribution in [-0.4, -0.2) is 30.4 Å². The Morgan fingerprint density at radius 1 is 1.28 bits per heavy atom. The van der Waals surface area contributed by atoms with Crippen molar-refractivity contribution < 1.29 is 27.8 Å². The minimum atomic E-state index is -4.59. The third-order valence-electron chi connectivity index (χ3n) is 4.20. The largest absolute Gasteiger partial charge is 0.508 e. The van der Waals surface area contributed by atoms with E-state index in [-0.39, 0.29) is 17.1 Å². The van der Waals surface area contributed by atoms with Gasteiger partial charge in [-0.05, 0) is 43.2 Å². The van der Waals surface area contributed by atoms with E-state index in [4.69, 9.17) is 4.74 Å². The van der Waals surface area contributed by atoms with Crippen LogP contribution in [0.5, 0.6) is 11.5 Å². The quantitative estimate of drug-likeness (QED) is 0.637. The van der Waals surface area contributed by atoms with Gasteiger partial charge < -0.3 is 15.2 Å². The van der Waals surface area contributed by atoms with Gasteiger partial charge in [-0.2, -0.15) is 13.2 Å². The monoisotopic (exact) mass is 408 g/mol. The molecule has 156 valence electrons. The number of alkyl halides is 3. The zero-order chi connectivity index (χ0) is 21.6. The van der Waals surface area contributed by atoms with Gasteiger partial charge in [0.05, 0.1) is 5.56 Å². The van der Waals surface area contributed by atoms with Crippen LogP contribution in [0.15, 0.2) is 41.4 Å². The number of nitrogens with zero attached hydrogens (tertiary/aromatic N) is 1. The summed E-state index contributed by atoms with van der Waals surface area (Å²) < 4.78 is 45.6. The molecule has 0 aromatic heterocycles. The number of amides is 1. The minimum Gasteiger partial charge on any atom is -0.508 e. The van der Waals surface area contributed by atoms with E-state index in [9.17, 15) is 23.1 Å². The van der Waals surface area contributed by atoms with E-state index >= 15 is 0 Å². The van der Waals surface area contributed by atoms with Crippen molar-refractivity contribution >= 4 is 17.8 Å². The molecule has 5 nitrogen and oxygen atoms in total. The molecule has 0 radical (unpaired) electrons. The first-order valence-corrected chi connectivity index (χ1v) is 9.06. The second-order valence-corrected chi connectivity index (χ2v) is 6.52. The summed E-state index contributed by atoms with van der Waals surface area (Å²) in [5.41, 5.74) is 0.0479. The number of carbonyl (C=O) groups is 1. The van der Waals surface area contributed by atoms with Gasteiger partial charge in [0.25, 0.3) is 5.91 Å². The first-order chi connectivity index (χ1) is 13.7. The van der Waals surface area contributed by atoms with Gasteiger partial charge in [-0.3, -0.25) is 9.79 Å². The van der Waals surface area contributed by atoms with Crippen molar-refractivity contribution in [1.29, 1.82) is 0 Å². The fourth-order valence-corrected chi connectivity index (χ4v) is 2.69. The molecule has 0 saturated heterocycles. The summed E-state index contributed by atoms with van der Waals surface area (Å²) in [6.07, 6.45) is -3.56. The van der Waals surface area contributed by atoms with Gasteiger partial charge in [-0.15, -0.1) is 0 Å². The van der Waals surface area contributed by atoms with Crippen LogP contribution in [0, 0.1) is 6.92 Å². The number of benzene rings is 2. The van der Waals surface area contributed by atoms with Crippen molar-refractivity contribution in [1.82, 2.24) is 0 Å². The number of aromatic hydroxyl groups is 1. The van der Waals surface area contributed by atoms with Gasteiger partial charge in [-0.1, -0.05) is 19.4 Å². The van der Waals surface area contributed by atoms with Gasteiger partial charge in [0.15, 0.2) is 6.10 Å². The predicted octanol–water partition coefficient (Wildman–Crippen LogP) is 4.95. The first-order valence-electron chi connectivity index (χ1n) is 9.06. The average Bonchev–Trinajstić information content (AvgIpc) is 2.65. The van der Waals surface area contributed by atoms with E-state index in [2.05, 4.69) is 10.3 Å². The van der Waals surface area contributed by atoms with E-state index in [1.807, 2.05) is 6.92 Å². The number of carbonyl (C=O) groups excluding carboxylic acids is 1. The van der Waals surface area contributed by atoms with Crippen molar-refractivity contribution in [3.05, 3.63) is 53.1 Å². The van der Waals surface area contributed by atoms with Crippen LogP contribution in [-0.2, 0) is 11.0 Å². The van der Waals surface area contributed by atoms with Crippen LogP contribution in [0.4, 0.5) is 18.9 Å². The van der Waals surface area contributed by atoms with Crippen LogP contribution in [0.3, 0.4) is 0 Å². The first kappa shape index (κ1) is 22.3. The van der Waals surface area contributed by atoms with Crippen LogP contribution in [0.2, 0.25) is 0 Å². The molecule has 0 aliphatic carbocycles. The van der Waals surface area contributed by atoms with Crippen molar-refractivity contribution in [2.45, 2.75) is 39.0 Å². The second-order valence-electron chi connectivity index (χ2n) is 6.52. The van der Waals surface area contributed by atoms with Crippen molar-refractivity contribution in [2.24, 2.45) is 4.99 Å². The molecule has 0 spiro atoms. The molecule has 0 saturated carbocycles. The Labute approximate surface area is 167 Å². The SMILES string of the molecule is CCCC(Oc1ccc(C=NC)c(C(F)(F)F)c1)C(=O)Nc1ccc(C)c(O)c1. The predicted molar refractivity (Wildman–Crippen MR) is 106 cm³/mol. The lowest BCUT2D eigenvalue weighted by Crippen LogP contribution is -2.33. The highest BCUT2D eigenvalue weighted by molar-refractivity contribution is 5.94. The topological polar surface area (TPSA) is 70.9 Å². The number of nitrogens with one attached hydrogen (secondary N) is 1. The molecule has 0 fully saturated rings. The Morgan fingerprint density at radius 3 is 2.59 bits per heavy atom. The van der Waals surface area contributed by atoms with Crippen LogP contribution in [0.25, 0.3) is 0 Å². The molecule has 1 unspecified atom stereocenters. The van der Waals surface area contributed by atoms with Gasteiger partial charge in [-0.25, -0.2) is 0 Å². The van der Waals surface area contributed by atoms with E-state index in [0.29, 0.717) is 24.1 Å². The van der Waals surface area contributed by atoms with Crippen molar-refractivity contribution in [2.75, 3.05) is 12.4 Å². The number of aryl methyl sites for hydroxylation is 1. The van der Waals surface area contributed by atoms with Gasteiger partial charge in [0.1, 0.15) is 11.5 Å². The van der Waals surface area contributed by atoms with Crippen LogP contribution >= 0.6 is 0 Å². The lowest BCUT2D eigenvalue weighted by atomic mass is 10.1. The van der Waals surface area contributed by atoms with Gasteiger partial charge in [0.2, 0.25) is 0 Å². The molecule has 0 aliphatic rings. The zero-order valence-corrected chi connectivity index (χ0v) is 16.4. The van der Waals surface area contributed by atoms with Crippen LogP contribution < -0.4 is 10.1 Å². The second kappa shape index (κ2) is 9.45. The fourth-order valence-electron chi connectivity index (χ4n) is 2.69. The van der Waals surface area contributed by atoms with Crippen molar-refractivity contribution in [3.8, 4) is 11.5 Å². The summed E-state index contributed by atoms with van der Waals surface area (Å²) in [6, 6.07) is 8.16. The Balaban J connectivity index is 2.25. The number of hydrogen-bond donors (Lipinski definition) is 2. The lowest BCUT2D eigenvalue weighted by Gasteiger charge is -2.20. The minimum absolute atomic E-state index is 0.0266. The Kier molecular flexibility index (Phi) is 7.25. The van der Waals surface area contributed by atoms with E-state index in [1.165, 1.54) is 25.2 Å². The number of phenols is 1. The standard InChI is InChI=1S/C21H23F3N2O3/c1-4-5-19(20(28)26-15-8-6-13(2)18(27)10-15)29-16-9-7-14(12-25-3)17(11-16)21(22,23)24/h6-12,19,27H,4-5H2,1-3H3,(H,26,28). The van der Waals surface area contributed by atoms with Crippen LogP contribution in [0.1, 0.15) is 36.5 Å². The number of aliphatic imine (C=N–C) groups is 1. The number of ether oxygens (including phenoxy) is 1. The molecule has 2 aromatic carbocycles. The Morgan fingerprint density at radius 2 is 2.00 bits per heavy atom. The maximum atomic E-state index is 13.3. The summed E-state index contributed by atoms with van der Waals surface area (Å²) in [4.78, 5) is 16.2. The maximum Gasteiger partial charge on any atom is 0.417 e. The molecule has 2 rings (SSSR count). The fraction of sp³-hybridized carbons (Fsp3) is 0.333. The molecule has 2 N–H and O–H groups in total. The molecule has 0 bridgehead atoms. The molecule has 2 aromatic rings. The summed E-state index contributed by atoms with van der Waals surface area (Å²) >= 11 is 0. The molecule has 1 amide bonds. The molecule has 1 atom stereocenters. The number of phenolic OH excluding ortho intramolecular Hbond substituents is 1. The van der Waals surface area contributed by atoms with E-state index in [0.717, 1.165) is 12.3 Å². The summed E-state index contributed by atoms with van der Waals surface area (Å²) in [6.45, 7) is 3.55. The number of hydrogen-bond acceptors (Lipinski definition) is 4. The lowest BCUT2D eigenvalue weighted by molar-refractivity contribution is -0.137. The normalized spacial score (nSPS) is 12.8. The van der Waals surface area contributed by atoms with Crippen molar-refractivity contribution in [3.63, 3.8) is 0 Å². The highest BCUT2D eigenvalue weighted by atomic mass is 19.4. The highest BCUT2D eigenvalue weighted by Crippen LogP contribution is 2.34. The van der Waals surface area contributed by atoms with Gasteiger partial charge >= 0.3 is 6.18 Å².